The maximum atomic E-state index is 10.9. The molecule has 0 radical (unpaired) electrons. The lowest BCUT2D eigenvalue weighted by Crippen LogP contribution is -2.16. The van der Waals surface area contributed by atoms with Gasteiger partial charge in [-0.15, -0.1) is 17.6 Å². The largest absolute Gasteiger partial charge is 0.559 e. The van der Waals surface area contributed by atoms with E-state index in [4.69, 9.17) is 0 Å². The molecule has 0 bridgehead atoms. The monoisotopic (exact) mass is 240 g/mol. The molecule has 0 unspecified atom stereocenters. The van der Waals surface area contributed by atoms with E-state index in [0.29, 0.717) is 0 Å². The molecule has 0 rings (SSSR count). The Morgan fingerprint density at radius 1 is 0.750 bits per heavy atom. The summed E-state index contributed by atoms with van der Waals surface area (Å²) in [6, 6.07) is 0. The first-order valence-corrected chi connectivity index (χ1v) is 2.92. The average Bonchev–Trinajstić information content (AvgIpc) is 1.55. The SMILES string of the molecule is FC(F)(F)C(Cl)Cl.FC(F)(F)F. The highest BCUT2D eigenvalue weighted by Gasteiger charge is 2.36. The van der Waals surface area contributed by atoms with Gasteiger partial charge in [-0.3, -0.25) is 0 Å². The predicted molar refractivity (Wildman–Crippen MR) is 28.7 cm³/mol. The van der Waals surface area contributed by atoms with Gasteiger partial charge < -0.3 is 0 Å². The van der Waals surface area contributed by atoms with E-state index in [1.54, 1.807) is 0 Å². The van der Waals surface area contributed by atoms with E-state index in [2.05, 4.69) is 23.2 Å². The van der Waals surface area contributed by atoms with Crippen molar-refractivity contribution in [1.29, 1.82) is 0 Å². The zero-order valence-corrected chi connectivity index (χ0v) is 6.49. The minimum Gasteiger partial charge on any atom is -0.168 e. The lowest BCUT2D eigenvalue weighted by molar-refractivity contribution is -0.237. The maximum absolute atomic E-state index is 10.9. The van der Waals surface area contributed by atoms with E-state index in [1.165, 1.54) is 0 Å². The van der Waals surface area contributed by atoms with Crippen LogP contribution in [0.3, 0.4) is 0 Å². The minimum atomic E-state index is -5.50. The fourth-order valence-electron chi connectivity index (χ4n) is 0. The first-order valence-electron chi connectivity index (χ1n) is 2.05. The van der Waals surface area contributed by atoms with E-state index in [1.807, 2.05) is 0 Å². The highest BCUT2D eigenvalue weighted by atomic mass is 35.5. The highest BCUT2D eigenvalue weighted by Crippen LogP contribution is 2.27. The molecule has 0 nitrogen and oxygen atoms in total. The second-order valence-electron chi connectivity index (χ2n) is 1.27. The van der Waals surface area contributed by atoms with Crippen molar-refractivity contribution in [3.8, 4) is 0 Å². The topological polar surface area (TPSA) is 0 Å². The summed E-state index contributed by atoms with van der Waals surface area (Å²) >= 11 is 8.79. The predicted octanol–water partition coefficient (Wildman–Crippen LogP) is 3.83. The molecule has 0 aliphatic heterocycles. The normalized spacial score (nSPS) is 12.5. The summed E-state index contributed by atoms with van der Waals surface area (Å²) < 4.78 is 71.5. The van der Waals surface area contributed by atoms with Crippen LogP contribution in [0.15, 0.2) is 0 Å². The summed E-state index contributed by atoms with van der Waals surface area (Å²) in [6.07, 6.45) is -9.97. The van der Waals surface area contributed by atoms with Crippen molar-refractivity contribution in [2.45, 2.75) is 17.4 Å². The summed E-state index contributed by atoms with van der Waals surface area (Å²) in [6.45, 7) is 0. The van der Waals surface area contributed by atoms with Crippen molar-refractivity contribution in [3.05, 3.63) is 0 Å². The molecule has 0 saturated carbocycles. The zero-order chi connectivity index (χ0) is 10.6. The summed E-state index contributed by atoms with van der Waals surface area (Å²) in [5.41, 5.74) is 0. The van der Waals surface area contributed by atoms with Crippen LogP contribution >= 0.6 is 23.2 Å². The molecule has 0 aromatic heterocycles. The molecular weight excluding hydrogens is 240 g/mol. The molecule has 0 fully saturated rings. The van der Waals surface area contributed by atoms with E-state index in [-0.39, 0.29) is 0 Å². The van der Waals surface area contributed by atoms with Gasteiger partial charge in [0.05, 0.1) is 0 Å². The van der Waals surface area contributed by atoms with Gasteiger partial charge in [-0.25, -0.2) is 0 Å². The Morgan fingerprint density at radius 2 is 0.833 bits per heavy atom. The molecule has 0 aromatic carbocycles. The molecule has 0 heterocycles. The smallest absolute Gasteiger partial charge is 0.168 e. The Kier molecular flexibility index (Phi) is 6.03. The number of hydrogen-bond donors (Lipinski definition) is 0. The Balaban J connectivity index is 0. The Hall–Kier alpha value is 0.0900. The van der Waals surface area contributed by atoms with Crippen LogP contribution in [0.5, 0.6) is 0 Å². The highest BCUT2D eigenvalue weighted by molar-refractivity contribution is 6.44. The second kappa shape index (κ2) is 4.96. The molecule has 0 atom stereocenters. The van der Waals surface area contributed by atoms with Gasteiger partial charge in [-0.05, 0) is 0 Å². The van der Waals surface area contributed by atoms with Crippen LogP contribution in [-0.2, 0) is 0 Å². The van der Waals surface area contributed by atoms with Gasteiger partial charge >= 0.3 is 12.6 Å². The lowest BCUT2D eigenvalue weighted by atomic mass is 10.8. The van der Waals surface area contributed by atoms with Crippen molar-refractivity contribution in [3.63, 3.8) is 0 Å². The van der Waals surface area contributed by atoms with Crippen molar-refractivity contribution in [2.24, 2.45) is 0 Å². The summed E-state index contributed by atoms with van der Waals surface area (Å²) in [7, 11) is 0. The van der Waals surface area contributed by atoms with E-state index in [0.717, 1.165) is 0 Å². The molecule has 0 aliphatic carbocycles. The standard InChI is InChI=1S/C2HCl2F3.CF4/c3-1(4)2(5,6)7;2-1(3,4)5/h1H;. The number of halogens is 9. The van der Waals surface area contributed by atoms with E-state index < -0.39 is 17.4 Å². The molecule has 0 aromatic rings. The first kappa shape index (κ1) is 14.6. The van der Waals surface area contributed by atoms with Crippen LogP contribution in [0.1, 0.15) is 0 Å². The van der Waals surface area contributed by atoms with E-state index >= 15 is 0 Å². The maximum Gasteiger partial charge on any atom is 0.559 e. The quantitative estimate of drug-likeness (QED) is 0.446. The van der Waals surface area contributed by atoms with Crippen LogP contribution in [0, 0.1) is 0 Å². The fourth-order valence-corrected chi connectivity index (χ4v) is 0. The molecule has 0 N–H and O–H groups in total. The van der Waals surface area contributed by atoms with Crippen LogP contribution in [0.25, 0.3) is 0 Å². The molecule has 0 amide bonds. The molecule has 0 aliphatic rings. The van der Waals surface area contributed by atoms with Crippen LogP contribution in [0.2, 0.25) is 0 Å². The van der Waals surface area contributed by atoms with Gasteiger partial charge in [0.2, 0.25) is 4.84 Å². The van der Waals surface area contributed by atoms with Gasteiger partial charge in [-0.2, -0.15) is 13.2 Å². The van der Waals surface area contributed by atoms with Gasteiger partial charge in [0.25, 0.3) is 0 Å². The summed E-state index contributed by atoms with van der Waals surface area (Å²) in [4.78, 5) is -2.26. The molecule has 0 spiro atoms. The molecule has 0 saturated heterocycles. The third-order valence-electron chi connectivity index (χ3n) is 0.247. The summed E-state index contributed by atoms with van der Waals surface area (Å²) in [5.74, 6) is 0. The molecule has 12 heavy (non-hydrogen) atoms. The molecule has 76 valence electrons. The number of rotatable bonds is 0. The first-order chi connectivity index (χ1) is 4.94. The van der Waals surface area contributed by atoms with Gasteiger partial charge in [0, 0.05) is 0 Å². The fraction of sp³-hybridized carbons (Fsp3) is 1.00. The van der Waals surface area contributed by atoms with Crippen molar-refractivity contribution >= 4 is 23.2 Å². The van der Waals surface area contributed by atoms with Crippen molar-refractivity contribution < 1.29 is 30.7 Å². The second-order valence-corrected chi connectivity index (χ2v) is 2.37. The van der Waals surface area contributed by atoms with Crippen molar-refractivity contribution in [1.82, 2.24) is 0 Å². The van der Waals surface area contributed by atoms with Gasteiger partial charge in [-0.1, -0.05) is 23.2 Å². The van der Waals surface area contributed by atoms with Gasteiger partial charge in [0.1, 0.15) is 0 Å². The third-order valence-corrected chi connectivity index (χ3v) is 0.742. The van der Waals surface area contributed by atoms with Gasteiger partial charge in [0.15, 0.2) is 0 Å². The third kappa shape index (κ3) is 22.5. The van der Waals surface area contributed by atoms with Crippen LogP contribution in [0.4, 0.5) is 30.7 Å². The molecule has 9 heteroatoms. The minimum absolute atomic E-state index is 2.26. The molecular formula is C3HCl2F7. The van der Waals surface area contributed by atoms with Crippen molar-refractivity contribution in [2.75, 3.05) is 0 Å². The van der Waals surface area contributed by atoms with Crippen LogP contribution < -0.4 is 0 Å². The Morgan fingerprint density at radius 3 is 0.833 bits per heavy atom. The lowest BCUT2D eigenvalue weighted by Gasteiger charge is -2.03. The Labute approximate surface area is 72.2 Å². The average molecular weight is 241 g/mol. The number of alkyl halides is 9. The van der Waals surface area contributed by atoms with E-state index in [9.17, 15) is 30.7 Å². The van der Waals surface area contributed by atoms with Crippen LogP contribution in [-0.4, -0.2) is 17.4 Å². The zero-order valence-electron chi connectivity index (χ0n) is 4.98. The Bertz CT molecular complexity index is 107. The number of hydrogen-bond acceptors (Lipinski definition) is 0. The summed E-state index contributed by atoms with van der Waals surface area (Å²) in [5, 5.41) is 0.